The fourth-order valence-electron chi connectivity index (χ4n) is 2.78. The average molecular weight is 365 g/mol. The van der Waals surface area contributed by atoms with E-state index in [4.69, 9.17) is 15.2 Å². The maximum Gasteiger partial charge on any atom is 0.280 e. The van der Waals surface area contributed by atoms with Crippen LogP contribution in [0.15, 0.2) is 42.5 Å². The van der Waals surface area contributed by atoms with Crippen LogP contribution in [-0.2, 0) is 6.54 Å². The smallest absolute Gasteiger partial charge is 0.280 e. The first-order valence-corrected chi connectivity index (χ1v) is 8.55. The molecule has 1 aliphatic heterocycles. The quantitative estimate of drug-likeness (QED) is 0.735. The molecule has 1 aliphatic rings. The third-order valence-electron chi connectivity index (χ3n) is 4.24. The van der Waals surface area contributed by atoms with Crippen molar-refractivity contribution in [3.8, 4) is 11.5 Å². The summed E-state index contributed by atoms with van der Waals surface area (Å²) in [6, 6.07) is 13.2. The second-order valence-electron chi connectivity index (χ2n) is 6.28. The maximum atomic E-state index is 12.5. The summed E-state index contributed by atoms with van der Waals surface area (Å²) in [5.74, 6) is 1.03. The van der Waals surface area contributed by atoms with Crippen molar-refractivity contribution in [2.75, 3.05) is 24.3 Å². The number of rotatable bonds is 4. The molecular formula is C19H19N5O3. The Kier molecular flexibility index (Phi) is 4.37. The van der Waals surface area contributed by atoms with Gasteiger partial charge in [-0.25, -0.2) is 4.68 Å². The maximum absolute atomic E-state index is 12.5. The molecule has 0 radical (unpaired) electrons. The van der Waals surface area contributed by atoms with Gasteiger partial charge in [0.2, 0.25) is 0 Å². The predicted molar refractivity (Wildman–Crippen MR) is 100 cm³/mol. The van der Waals surface area contributed by atoms with Gasteiger partial charge in [0.25, 0.3) is 5.91 Å². The van der Waals surface area contributed by atoms with Gasteiger partial charge in [0.15, 0.2) is 23.0 Å². The molecule has 0 atom stereocenters. The molecule has 8 nitrogen and oxygen atoms in total. The van der Waals surface area contributed by atoms with Crippen molar-refractivity contribution >= 4 is 17.4 Å². The number of nitrogens with two attached hydrogens (primary N) is 1. The topological polar surface area (TPSA) is 104 Å². The lowest BCUT2D eigenvalue weighted by Crippen LogP contribution is -2.17. The summed E-state index contributed by atoms with van der Waals surface area (Å²) in [5.41, 5.74) is 8.92. The van der Waals surface area contributed by atoms with Crippen LogP contribution >= 0.6 is 0 Å². The number of fused-ring (bicyclic) bond motifs is 1. The molecule has 8 heteroatoms. The van der Waals surface area contributed by atoms with E-state index in [2.05, 4.69) is 15.6 Å². The van der Waals surface area contributed by atoms with E-state index in [0.717, 1.165) is 5.56 Å². The number of ether oxygens (including phenoxy) is 2. The second-order valence-corrected chi connectivity index (χ2v) is 6.28. The molecule has 0 aliphatic carbocycles. The molecular weight excluding hydrogens is 346 g/mol. The van der Waals surface area contributed by atoms with E-state index >= 15 is 0 Å². The molecule has 3 N–H and O–H groups in total. The van der Waals surface area contributed by atoms with Gasteiger partial charge in [0, 0.05) is 11.8 Å². The molecule has 3 aromatic rings. The Hall–Kier alpha value is -3.55. The molecule has 0 saturated heterocycles. The Balaban J connectivity index is 1.49. The highest BCUT2D eigenvalue weighted by molar-refractivity contribution is 6.05. The van der Waals surface area contributed by atoms with E-state index in [1.54, 1.807) is 18.2 Å². The van der Waals surface area contributed by atoms with Crippen LogP contribution in [0.5, 0.6) is 11.5 Å². The van der Waals surface area contributed by atoms with Crippen molar-refractivity contribution in [3.05, 3.63) is 59.3 Å². The van der Waals surface area contributed by atoms with Crippen LogP contribution in [0.1, 0.15) is 21.6 Å². The Morgan fingerprint density at radius 3 is 2.67 bits per heavy atom. The van der Waals surface area contributed by atoms with E-state index in [1.807, 2.05) is 31.2 Å². The van der Waals surface area contributed by atoms with Crippen molar-refractivity contribution in [1.82, 2.24) is 15.0 Å². The highest BCUT2D eigenvalue weighted by Crippen LogP contribution is 2.32. The molecule has 27 heavy (non-hydrogen) atoms. The van der Waals surface area contributed by atoms with Crippen LogP contribution in [0.3, 0.4) is 0 Å². The lowest BCUT2D eigenvalue weighted by Gasteiger charge is -2.18. The number of carbonyl (C=O) groups excluding carboxylic acids is 1. The molecule has 0 unspecified atom stereocenters. The number of benzene rings is 2. The monoisotopic (exact) mass is 365 g/mol. The summed E-state index contributed by atoms with van der Waals surface area (Å²) in [6.07, 6.45) is 0. The zero-order valence-electron chi connectivity index (χ0n) is 14.8. The largest absolute Gasteiger partial charge is 0.486 e. The van der Waals surface area contributed by atoms with E-state index in [0.29, 0.717) is 36.9 Å². The van der Waals surface area contributed by atoms with Gasteiger partial charge in [-0.2, -0.15) is 0 Å². The van der Waals surface area contributed by atoms with Crippen LogP contribution in [-0.4, -0.2) is 34.1 Å². The van der Waals surface area contributed by atoms with E-state index in [9.17, 15) is 4.79 Å². The van der Waals surface area contributed by atoms with Crippen molar-refractivity contribution in [1.29, 1.82) is 0 Å². The second kappa shape index (κ2) is 6.99. The molecule has 0 fully saturated rings. The Morgan fingerprint density at radius 2 is 1.89 bits per heavy atom. The van der Waals surface area contributed by atoms with Gasteiger partial charge in [-0.3, -0.25) is 4.79 Å². The number of aromatic nitrogens is 3. The van der Waals surface area contributed by atoms with Crippen molar-refractivity contribution in [2.45, 2.75) is 13.5 Å². The van der Waals surface area contributed by atoms with Crippen LogP contribution in [0, 0.1) is 6.92 Å². The summed E-state index contributed by atoms with van der Waals surface area (Å²) < 4.78 is 12.5. The minimum absolute atomic E-state index is 0.0806. The van der Waals surface area contributed by atoms with Gasteiger partial charge in [-0.15, -0.1) is 5.10 Å². The molecule has 2 aromatic carbocycles. The van der Waals surface area contributed by atoms with Crippen LogP contribution in [0.2, 0.25) is 0 Å². The van der Waals surface area contributed by atoms with E-state index < -0.39 is 5.91 Å². The summed E-state index contributed by atoms with van der Waals surface area (Å²) in [6.45, 7) is 3.45. The predicted octanol–water partition coefficient (Wildman–Crippen LogP) is 2.24. The summed E-state index contributed by atoms with van der Waals surface area (Å²) in [7, 11) is 0. The molecule has 0 spiro atoms. The molecule has 0 saturated carbocycles. The number of hydrogen-bond acceptors (Lipinski definition) is 6. The third-order valence-corrected chi connectivity index (χ3v) is 4.24. The fourth-order valence-corrected chi connectivity index (χ4v) is 2.78. The number of nitrogens with zero attached hydrogens (tertiary/aromatic N) is 3. The number of nitrogen functional groups attached to an aromatic ring is 1. The number of aryl methyl sites for hydroxylation is 1. The third kappa shape index (κ3) is 3.55. The minimum Gasteiger partial charge on any atom is -0.486 e. The number of hydrogen-bond donors (Lipinski definition) is 2. The SMILES string of the molecule is Cc1ccc(Cn2nnc(C(=O)Nc3ccc4c(c3)OCCO4)c2N)cc1. The highest BCUT2D eigenvalue weighted by atomic mass is 16.6. The number of carbonyl (C=O) groups is 1. The normalized spacial score (nSPS) is 12.6. The van der Waals surface area contributed by atoms with Gasteiger partial charge in [0.1, 0.15) is 13.2 Å². The van der Waals surface area contributed by atoms with Gasteiger partial charge in [-0.05, 0) is 24.6 Å². The van der Waals surface area contributed by atoms with Crippen molar-refractivity contribution < 1.29 is 14.3 Å². The summed E-state index contributed by atoms with van der Waals surface area (Å²) in [5, 5.41) is 10.7. The molecule has 1 aromatic heterocycles. The zero-order chi connectivity index (χ0) is 18.8. The first-order valence-electron chi connectivity index (χ1n) is 8.55. The van der Waals surface area contributed by atoms with Gasteiger partial charge in [-0.1, -0.05) is 35.0 Å². The molecule has 0 bridgehead atoms. The molecule has 2 heterocycles. The highest BCUT2D eigenvalue weighted by Gasteiger charge is 2.19. The zero-order valence-corrected chi connectivity index (χ0v) is 14.8. The molecule has 138 valence electrons. The first kappa shape index (κ1) is 16.9. The first-order chi connectivity index (χ1) is 13.1. The van der Waals surface area contributed by atoms with Gasteiger partial charge < -0.3 is 20.5 Å². The lowest BCUT2D eigenvalue weighted by atomic mass is 10.1. The standard InChI is InChI=1S/C19H19N5O3/c1-12-2-4-13(5-3-12)11-24-18(20)17(22-23-24)19(25)21-14-6-7-15-16(10-14)27-9-8-26-15/h2-7,10H,8-9,11,20H2,1H3,(H,21,25). The van der Waals surface area contributed by atoms with Gasteiger partial charge >= 0.3 is 0 Å². The summed E-state index contributed by atoms with van der Waals surface area (Å²) >= 11 is 0. The Bertz CT molecular complexity index is 982. The van der Waals surface area contributed by atoms with Crippen LogP contribution < -0.4 is 20.5 Å². The van der Waals surface area contributed by atoms with E-state index in [-0.39, 0.29) is 11.5 Å². The fraction of sp³-hybridized carbons (Fsp3) is 0.211. The summed E-state index contributed by atoms with van der Waals surface area (Å²) in [4.78, 5) is 12.5. The number of amides is 1. The Morgan fingerprint density at radius 1 is 1.15 bits per heavy atom. The average Bonchev–Trinajstić information content (AvgIpc) is 3.04. The lowest BCUT2D eigenvalue weighted by molar-refractivity contribution is 0.102. The number of anilines is 2. The van der Waals surface area contributed by atoms with Crippen molar-refractivity contribution in [2.24, 2.45) is 0 Å². The molecule has 4 rings (SSSR count). The Labute approximate surface area is 155 Å². The van der Waals surface area contributed by atoms with E-state index in [1.165, 1.54) is 10.2 Å². The van der Waals surface area contributed by atoms with Crippen molar-refractivity contribution in [3.63, 3.8) is 0 Å². The van der Waals surface area contributed by atoms with Crippen LogP contribution in [0.4, 0.5) is 11.5 Å². The molecule has 1 amide bonds. The number of nitrogens with one attached hydrogen (secondary N) is 1. The van der Waals surface area contributed by atoms with Crippen LogP contribution in [0.25, 0.3) is 0 Å². The minimum atomic E-state index is -0.431. The van der Waals surface area contributed by atoms with Gasteiger partial charge in [0.05, 0.1) is 6.54 Å².